The summed E-state index contributed by atoms with van der Waals surface area (Å²) in [7, 11) is 1.54. The van der Waals surface area contributed by atoms with Crippen LogP contribution in [0.15, 0.2) is 18.2 Å². The van der Waals surface area contributed by atoms with E-state index in [1.54, 1.807) is 0 Å². The van der Waals surface area contributed by atoms with Crippen LogP contribution in [0.5, 0.6) is 6.01 Å². The number of morpholine rings is 1. The minimum atomic E-state index is -0.932. The van der Waals surface area contributed by atoms with Crippen molar-refractivity contribution in [3.63, 3.8) is 0 Å². The van der Waals surface area contributed by atoms with E-state index >= 15 is 0 Å². The molecule has 0 saturated carbocycles. The first-order valence-electron chi connectivity index (χ1n) is 10.6. The number of methoxy groups -OCH3 is 1. The minimum absolute atomic E-state index is 0.162. The zero-order valence-electron chi connectivity index (χ0n) is 17.9. The molecule has 2 saturated heterocycles. The molecule has 1 aromatic heterocycles. The molecule has 2 aliphatic rings. The van der Waals surface area contributed by atoms with E-state index in [1.165, 1.54) is 13.3 Å². The van der Waals surface area contributed by atoms with Crippen molar-refractivity contribution in [3.05, 3.63) is 34.9 Å². The number of anilines is 3. The fraction of sp³-hybridized carbons (Fsp3) is 0.500. The number of benzene rings is 1. The van der Waals surface area contributed by atoms with Gasteiger partial charge in [0, 0.05) is 49.1 Å². The summed E-state index contributed by atoms with van der Waals surface area (Å²) in [5.74, 6) is 1.15. The topological polar surface area (TPSA) is 95.4 Å². The van der Waals surface area contributed by atoms with Crippen LogP contribution in [0.1, 0.15) is 29.0 Å². The highest BCUT2D eigenvalue weighted by Gasteiger charge is 2.28. The Hall–Kier alpha value is -2.78. The predicted molar refractivity (Wildman–Crippen MR) is 119 cm³/mol. The minimum Gasteiger partial charge on any atom is -0.467 e. The quantitative estimate of drug-likeness (QED) is 0.609. The first-order chi connectivity index (χ1) is 15.1. The lowest BCUT2D eigenvalue weighted by Gasteiger charge is -2.29. The second-order valence-corrected chi connectivity index (χ2v) is 7.88. The highest BCUT2D eigenvalue weighted by Crippen LogP contribution is 2.34. The molecule has 2 aromatic rings. The van der Waals surface area contributed by atoms with E-state index in [9.17, 15) is 4.39 Å². The Morgan fingerprint density at radius 3 is 2.81 bits per heavy atom. The molecule has 2 unspecified atom stereocenters. The highest BCUT2D eigenvalue weighted by atomic mass is 19.1. The normalized spacial score (nSPS) is 21.6. The molecule has 3 heterocycles. The van der Waals surface area contributed by atoms with Gasteiger partial charge in [-0.15, -0.1) is 0 Å². The molecule has 3 N–H and O–H groups in total. The zero-order chi connectivity index (χ0) is 21.8. The monoisotopic (exact) mass is 428 g/mol. The fourth-order valence-corrected chi connectivity index (χ4v) is 4.21. The van der Waals surface area contributed by atoms with Gasteiger partial charge in [-0.2, -0.15) is 9.97 Å². The number of hydrogen-bond donors (Lipinski definition) is 3. The van der Waals surface area contributed by atoms with Crippen LogP contribution < -0.4 is 20.3 Å². The third kappa shape index (κ3) is 4.77. The lowest BCUT2D eigenvalue weighted by atomic mass is 9.85. The van der Waals surface area contributed by atoms with Crippen molar-refractivity contribution in [1.82, 2.24) is 15.3 Å². The van der Waals surface area contributed by atoms with Crippen LogP contribution in [-0.2, 0) is 4.74 Å². The molecule has 2 atom stereocenters. The Morgan fingerprint density at radius 1 is 1.29 bits per heavy atom. The van der Waals surface area contributed by atoms with Gasteiger partial charge in [-0.05, 0) is 43.1 Å². The maximum atomic E-state index is 14.6. The molecule has 0 bridgehead atoms. The van der Waals surface area contributed by atoms with Crippen molar-refractivity contribution in [2.75, 3.05) is 56.7 Å². The van der Waals surface area contributed by atoms with Crippen LogP contribution in [0.3, 0.4) is 0 Å². The molecule has 2 fully saturated rings. The summed E-state index contributed by atoms with van der Waals surface area (Å²) >= 11 is 0. The number of alkyl halides is 1. The molecule has 8 nitrogen and oxygen atoms in total. The summed E-state index contributed by atoms with van der Waals surface area (Å²) in [6.07, 6.45) is 1.11. The zero-order valence-corrected chi connectivity index (χ0v) is 17.9. The fourth-order valence-electron chi connectivity index (χ4n) is 4.21. The summed E-state index contributed by atoms with van der Waals surface area (Å²) in [5, 5.41) is 14.3. The Balaban J connectivity index is 1.67. The van der Waals surface area contributed by atoms with Crippen molar-refractivity contribution in [2.45, 2.75) is 25.4 Å². The Morgan fingerprint density at radius 2 is 2.10 bits per heavy atom. The standard InChI is InChI=1S/C22H29FN6O2/c1-14-9-15(12-24)19(10-17(14)16-3-4-25-13-18(16)23)26-20-11-21(28-22(27-20)30-2)29-5-7-31-8-6-29/h9-12,16,18,24-25H,3-8,13H2,1-2H3,(H,26,27,28). The Bertz CT molecular complexity index is 934. The third-order valence-corrected chi connectivity index (χ3v) is 5.87. The second-order valence-electron chi connectivity index (χ2n) is 7.88. The van der Waals surface area contributed by atoms with Crippen molar-refractivity contribution >= 4 is 23.5 Å². The molecule has 1 aromatic carbocycles. The van der Waals surface area contributed by atoms with E-state index in [2.05, 4.69) is 25.5 Å². The highest BCUT2D eigenvalue weighted by molar-refractivity contribution is 5.88. The maximum Gasteiger partial charge on any atom is 0.320 e. The van der Waals surface area contributed by atoms with E-state index in [0.717, 1.165) is 54.3 Å². The SMILES string of the molecule is COc1nc(Nc2cc(C3CCNCC3F)c(C)cc2C=N)cc(N2CCOCC2)n1. The van der Waals surface area contributed by atoms with Crippen molar-refractivity contribution in [2.24, 2.45) is 0 Å². The number of halogens is 1. The largest absolute Gasteiger partial charge is 0.467 e. The van der Waals surface area contributed by atoms with Gasteiger partial charge in [-0.25, -0.2) is 4.39 Å². The van der Waals surface area contributed by atoms with Gasteiger partial charge in [0.2, 0.25) is 0 Å². The van der Waals surface area contributed by atoms with Crippen molar-refractivity contribution in [1.29, 1.82) is 5.41 Å². The number of piperidine rings is 1. The van der Waals surface area contributed by atoms with Gasteiger partial charge in [0.15, 0.2) is 0 Å². The molecule has 9 heteroatoms. The van der Waals surface area contributed by atoms with E-state index in [0.29, 0.717) is 25.6 Å². The number of aryl methyl sites for hydroxylation is 1. The average molecular weight is 429 g/mol. The van der Waals surface area contributed by atoms with Gasteiger partial charge in [-0.3, -0.25) is 0 Å². The molecule has 0 aliphatic carbocycles. The molecule has 31 heavy (non-hydrogen) atoms. The summed E-state index contributed by atoms with van der Waals surface area (Å²) in [5.41, 5.74) is 3.40. The average Bonchev–Trinajstić information content (AvgIpc) is 2.81. The summed E-state index contributed by atoms with van der Waals surface area (Å²) in [6.45, 7) is 5.92. The molecular formula is C22H29FN6O2. The molecule has 0 amide bonds. The van der Waals surface area contributed by atoms with Crippen LogP contribution in [-0.4, -0.2) is 68.9 Å². The number of nitrogens with zero attached hydrogens (tertiary/aromatic N) is 3. The predicted octanol–water partition coefficient (Wildman–Crippen LogP) is 2.79. The van der Waals surface area contributed by atoms with E-state index < -0.39 is 6.17 Å². The smallest absolute Gasteiger partial charge is 0.320 e. The van der Waals surface area contributed by atoms with Gasteiger partial charge >= 0.3 is 6.01 Å². The number of nitrogens with one attached hydrogen (secondary N) is 3. The van der Waals surface area contributed by atoms with Crippen molar-refractivity contribution in [3.8, 4) is 6.01 Å². The lowest BCUT2D eigenvalue weighted by molar-refractivity contribution is 0.122. The first kappa shape index (κ1) is 21.5. The van der Waals surface area contributed by atoms with Crippen LogP contribution >= 0.6 is 0 Å². The molecule has 2 aliphatic heterocycles. The van der Waals surface area contributed by atoms with E-state index in [-0.39, 0.29) is 11.9 Å². The van der Waals surface area contributed by atoms with Gasteiger partial charge < -0.3 is 30.4 Å². The number of aromatic nitrogens is 2. The van der Waals surface area contributed by atoms with Crippen LogP contribution in [0, 0.1) is 12.3 Å². The van der Waals surface area contributed by atoms with Crippen LogP contribution in [0.2, 0.25) is 0 Å². The lowest BCUT2D eigenvalue weighted by Crippen LogP contribution is -2.37. The van der Waals surface area contributed by atoms with Gasteiger partial charge in [0.05, 0.1) is 20.3 Å². The second kappa shape index (κ2) is 9.57. The summed E-state index contributed by atoms with van der Waals surface area (Å²) in [4.78, 5) is 11.0. The molecule has 166 valence electrons. The molecule has 4 rings (SSSR count). The van der Waals surface area contributed by atoms with Gasteiger partial charge in [0.25, 0.3) is 0 Å². The number of hydrogen-bond acceptors (Lipinski definition) is 8. The molecular weight excluding hydrogens is 399 g/mol. The summed E-state index contributed by atoms with van der Waals surface area (Å²) in [6, 6.07) is 6.02. The maximum absolute atomic E-state index is 14.6. The van der Waals surface area contributed by atoms with E-state index in [1.807, 2.05) is 25.1 Å². The first-order valence-corrected chi connectivity index (χ1v) is 10.6. The summed E-state index contributed by atoms with van der Waals surface area (Å²) < 4.78 is 25.4. The van der Waals surface area contributed by atoms with Crippen LogP contribution in [0.4, 0.5) is 21.7 Å². The Labute approximate surface area is 181 Å². The van der Waals surface area contributed by atoms with E-state index in [4.69, 9.17) is 14.9 Å². The van der Waals surface area contributed by atoms with Gasteiger partial charge in [-0.1, -0.05) is 0 Å². The molecule has 0 spiro atoms. The van der Waals surface area contributed by atoms with Crippen LogP contribution in [0.25, 0.3) is 0 Å². The van der Waals surface area contributed by atoms with Gasteiger partial charge in [0.1, 0.15) is 17.8 Å². The molecule has 0 radical (unpaired) electrons. The Kier molecular flexibility index (Phi) is 6.62. The number of rotatable bonds is 6. The third-order valence-electron chi connectivity index (χ3n) is 5.87. The van der Waals surface area contributed by atoms with Crippen molar-refractivity contribution < 1.29 is 13.9 Å². The number of ether oxygens (including phenoxy) is 2.